The van der Waals surface area contributed by atoms with Gasteiger partial charge in [0.1, 0.15) is 5.69 Å². The monoisotopic (exact) mass is 232 g/mol. The van der Waals surface area contributed by atoms with E-state index >= 15 is 0 Å². The molecule has 1 N–H and O–H groups in total. The molecule has 0 saturated carbocycles. The summed E-state index contributed by atoms with van der Waals surface area (Å²) in [5.74, 6) is -0.0998. The molecule has 16 heavy (non-hydrogen) atoms. The van der Waals surface area contributed by atoms with Crippen LogP contribution in [-0.2, 0) is 6.42 Å². The Kier molecular flexibility index (Phi) is 3.66. The number of aromatic nitrogens is 1. The van der Waals surface area contributed by atoms with Crippen LogP contribution in [0.25, 0.3) is 0 Å². The molecule has 0 saturated heterocycles. The third kappa shape index (κ3) is 2.90. The second kappa shape index (κ2) is 5.42. The number of benzene rings is 1. The minimum atomic E-state index is -0.0998. The van der Waals surface area contributed by atoms with Crippen molar-refractivity contribution in [1.82, 2.24) is 10.3 Å². The Bertz CT molecular complexity index is 439. The molecule has 82 valence electrons. The second-order valence-electron chi connectivity index (χ2n) is 3.37. The van der Waals surface area contributed by atoms with Crippen LogP contribution in [0.5, 0.6) is 0 Å². The minimum Gasteiger partial charge on any atom is -0.350 e. The quantitative estimate of drug-likeness (QED) is 0.877. The first-order valence-electron chi connectivity index (χ1n) is 5.06. The predicted molar refractivity (Wildman–Crippen MR) is 64.6 cm³/mol. The number of nitrogens with one attached hydrogen (secondary N) is 1. The van der Waals surface area contributed by atoms with Gasteiger partial charge in [-0.05, 0) is 12.0 Å². The molecule has 1 aromatic heterocycles. The lowest BCUT2D eigenvalue weighted by Crippen LogP contribution is -2.25. The molecule has 0 atom stereocenters. The van der Waals surface area contributed by atoms with Crippen molar-refractivity contribution in [3.63, 3.8) is 0 Å². The number of rotatable bonds is 4. The summed E-state index contributed by atoms with van der Waals surface area (Å²) >= 11 is 1.43. The fraction of sp³-hybridized carbons (Fsp3) is 0.167. The van der Waals surface area contributed by atoms with Gasteiger partial charge in [0.05, 0.1) is 5.51 Å². The lowest BCUT2D eigenvalue weighted by molar-refractivity contribution is 0.0950. The van der Waals surface area contributed by atoms with Crippen LogP contribution in [0.1, 0.15) is 16.1 Å². The van der Waals surface area contributed by atoms with Crippen LogP contribution in [0, 0.1) is 0 Å². The molecule has 0 aliphatic rings. The molecule has 3 nitrogen and oxygen atoms in total. The van der Waals surface area contributed by atoms with Gasteiger partial charge in [-0.25, -0.2) is 4.98 Å². The fourth-order valence-electron chi connectivity index (χ4n) is 1.38. The fourth-order valence-corrected chi connectivity index (χ4v) is 1.91. The molecular formula is C12H12N2OS. The van der Waals surface area contributed by atoms with Gasteiger partial charge < -0.3 is 5.32 Å². The van der Waals surface area contributed by atoms with Crippen LogP contribution in [0.3, 0.4) is 0 Å². The van der Waals surface area contributed by atoms with E-state index in [2.05, 4.69) is 22.4 Å². The first-order valence-corrected chi connectivity index (χ1v) is 6.01. The van der Waals surface area contributed by atoms with Gasteiger partial charge in [0.2, 0.25) is 0 Å². The van der Waals surface area contributed by atoms with E-state index in [1.165, 1.54) is 16.9 Å². The topological polar surface area (TPSA) is 42.0 Å². The van der Waals surface area contributed by atoms with E-state index in [0.29, 0.717) is 12.2 Å². The number of carbonyl (C=O) groups is 1. The summed E-state index contributed by atoms with van der Waals surface area (Å²) in [7, 11) is 0. The van der Waals surface area contributed by atoms with E-state index in [9.17, 15) is 4.79 Å². The zero-order chi connectivity index (χ0) is 11.2. The molecule has 1 heterocycles. The van der Waals surface area contributed by atoms with Crippen molar-refractivity contribution in [1.29, 1.82) is 0 Å². The average Bonchev–Trinajstić information content (AvgIpc) is 2.84. The molecule has 2 rings (SSSR count). The maximum Gasteiger partial charge on any atom is 0.270 e. The number of carbonyl (C=O) groups excluding carboxylic acids is 1. The van der Waals surface area contributed by atoms with Crippen molar-refractivity contribution in [3.05, 3.63) is 52.5 Å². The molecule has 0 fully saturated rings. The first-order chi connectivity index (χ1) is 7.86. The Balaban J connectivity index is 1.79. The van der Waals surface area contributed by atoms with Crippen molar-refractivity contribution in [2.45, 2.75) is 6.42 Å². The predicted octanol–water partition coefficient (Wildman–Crippen LogP) is 2.12. The van der Waals surface area contributed by atoms with Gasteiger partial charge in [-0.3, -0.25) is 4.79 Å². The standard InChI is InChI=1S/C12H12N2OS/c15-12(11-8-16-9-14-11)13-7-6-10-4-2-1-3-5-10/h1-5,8-9H,6-7H2,(H,13,15). The molecule has 0 radical (unpaired) electrons. The van der Waals surface area contributed by atoms with Gasteiger partial charge in [0.15, 0.2) is 0 Å². The highest BCUT2D eigenvalue weighted by Crippen LogP contribution is 2.01. The van der Waals surface area contributed by atoms with Gasteiger partial charge in [-0.15, -0.1) is 11.3 Å². The zero-order valence-corrected chi connectivity index (χ0v) is 9.54. The maximum atomic E-state index is 11.5. The summed E-state index contributed by atoms with van der Waals surface area (Å²) in [5.41, 5.74) is 3.38. The molecule has 1 aromatic carbocycles. The Labute approximate surface area is 98.2 Å². The summed E-state index contributed by atoms with van der Waals surface area (Å²) in [6.45, 7) is 0.639. The first kappa shape index (κ1) is 10.8. The SMILES string of the molecule is O=C(NCCc1ccccc1)c1cscn1. The minimum absolute atomic E-state index is 0.0998. The van der Waals surface area contributed by atoms with Crippen LogP contribution in [-0.4, -0.2) is 17.4 Å². The van der Waals surface area contributed by atoms with E-state index in [-0.39, 0.29) is 5.91 Å². The molecule has 0 unspecified atom stereocenters. The van der Waals surface area contributed by atoms with Crippen molar-refractivity contribution < 1.29 is 4.79 Å². The van der Waals surface area contributed by atoms with Crippen molar-refractivity contribution in [2.75, 3.05) is 6.54 Å². The number of thiazole rings is 1. The highest BCUT2D eigenvalue weighted by Gasteiger charge is 2.05. The molecule has 0 aliphatic heterocycles. The van der Waals surface area contributed by atoms with Crippen molar-refractivity contribution in [3.8, 4) is 0 Å². The number of nitrogens with zero attached hydrogens (tertiary/aromatic N) is 1. The van der Waals surface area contributed by atoms with Gasteiger partial charge >= 0.3 is 0 Å². The molecule has 2 aromatic rings. The van der Waals surface area contributed by atoms with Gasteiger partial charge in [-0.1, -0.05) is 30.3 Å². The van der Waals surface area contributed by atoms with Gasteiger partial charge in [-0.2, -0.15) is 0 Å². The van der Waals surface area contributed by atoms with E-state index in [1.54, 1.807) is 10.9 Å². The lowest BCUT2D eigenvalue weighted by atomic mass is 10.1. The number of amides is 1. The zero-order valence-electron chi connectivity index (χ0n) is 8.72. The Morgan fingerprint density at radius 3 is 2.81 bits per heavy atom. The number of hydrogen-bond donors (Lipinski definition) is 1. The maximum absolute atomic E-state index is 11.5. The smallest absolute Gasteiger partial charge is 0.270 e. The highest BCUT2D eigenvalue weighted by atomic mass is 32.1. The molecular weight excluding hydrogens is 220 g/mol. The van der Waals surface area contributed by atoms with Crippen LogP contribution in [0.4, 0.5) is 0 Å². The lowest BCUT2D eigenvalue weighted by Gasteiger charge is -2.03. The van der Waals surface area contributed by atoms with E-state index < -0.39 is 0 Å². The van der Waals surface area contributed by atoms with Gasteiger partial charge in [0.25, 0.3) is 5.91 Å². The Morgan fingerprint density at radius 1 is 1.31 bits per heavy atom. The van der Waals surface area contributed by atoms with Gasteiger partial charge in [0, 0.05) is 11.9 Å². The van der Waals surface area contributed by atoms with Crippen LogP contribution < -0.4 is 5.32 Å². The molecule has 1 amide bonds. The van der Waals surface area contributed by atoms with Crippen LogP contribution in [0.2, 0.25) is 0 Å². The van der Waals surface area contributed by atoms with E-state index in [0.717, 1.165) is 6.42 Å². The molecule has 4 heteroatoms. The van der Waals surface area contributed by atoms with E-state index in [1.807, 2.05) is 18.2 Å². The Hall–Kier alpha value is -1.68. The summed E-state index contributed by atoms with van der Waals surface area (Å²) in [4.78, 5) is 15.5. The van der Waals surface area contributed by atoms with E-state index in [4.69, 9.17) is 0 Å². The molecule has 0 bridgehead atoms. The number of hydrogen-bond acceptors (Lipinski definition) is 3. The highest BCUT2D eigenvalue weighted by molar-refractivity contribution is 7.07. The van der Waals surface area contributed by atoms with Crippen LogP contribution >= 0.6 is 11.3 Å². The Morgan fingerprint density at radius 2 is 2.12 bits per heavy atom. The summed E-state index contributed by atoms with van der Waals surface area (Å²) in [5, 5.41) is 4.59. The second-order valence-corrected chi connectivity index (χ2v) is 4.08. The summed E-state index contributed by atoms with van der Waals surface area (Å²) in [6, 6.07) is 10.1. The third-order valence-electron chi connectivity index (χ3n) is 2.21. The summed E-state index contributed by atoms with van der Waals surface area (Å²) < 4.78 is 0. The third-order valence-corrected chi connectivity index (χ3v) is 2.79. The normalized spacial score (nSPS) is 10.0. The average molecular weight is 232 g/mol. The van der Waals surface area contributed by atoms with Crippen molar-refractivity contribution >= 4 is 17.2 Å². The molecule has 0 spiro atoms. The summed E-state index contributed by atoms with van der Waals surface area (Å²) in [6.07, 6.45) is 0.844. The van der Waals surface area contributed by atoms with Crippen LogP contribution in [0.15, 0.2) is 41.2 Å². The largest absolute Gasteiger partial charge is 0.350 e. The van der Waals surface area contributed by atoms with Crippen molar-refractivity contribution in [2.24, 2.45) is 0 Å². The molecule has 0 aliphatic carbocycles.